The van der Waals surface area contributed by atoms with E-state index in [4.69, 9.17) is 10.5 Å². The number of ether oxygens (including phenoxy) is 1. The van der Waals surface area contributed by atoms with Crippen molar-refractivity contribution in [3.8, 4) is 5.75 Å². The molecule has 0 fully saturated rings. The molecule has 100 valence electrons. The van der Waals surface area contributed by atoms with Crippen molar-refractivity contribution < 1.29 is 4.74 Å². The van der Waals surface area contributed by atoms with Crippen LogP contribution in [0.15, 0.2) is 47.4 Å². The molecular formula is C15H18N2O2. The summed E-state index contributed by atoms with van der Waals surface area (Å²) in [4.78, 5) is 11.5. The number of hydrogen-bond donors (Lipinski definition) is 1. The molecule has 1 heterocycles. The van der Waals surface area contributed by atoms with Gasteiger partial charge in [-0.15, -0.1) is 0 Å². The van der Waals surface area contributed by atoms with E-state index in [9.17, 15) is 4.79 Å². The zero-order chi connectivity index (χ0) is 13.7. The lowest BCUT2D eigenvalue weighted by atomic mass is 10.2. The number of rotatable bonds is 5. The van der Waals surface area contributed by atoms with Gasteiger partial charge >= 0.3 is 0 Å². The van der Waals surface area contributed by atoms with Crippen LogP contribution in [0.2, 0.25) is 0 Å². The van der Waals surface area contributed by atoms with Gasteiger partial charge in [-0.25, -0.2) is 0 Å². The molecule has 0 bridgehead atoms. The summed E-state index contributed by atoms with van der Waals surface area (Å²) in [7, 11) is 0. The van der Waals surface area contributed by atoms with Crippen LogP contribution in [-0.2, 0) is 6.54 Å². The van der Waals surface area contributed by atoms with Crippen molar-refractivity contribution in [2.75, 3.05) is 12.3 Å². The van der Waals surface area contributed by atoms with E-state index in [1.807, 2.05) is 31.2 Å². The largest absolute Gasteiger partial charge is 0.494 e. The summed E-state index contributed by atoms with van der Waals surface area (Å²) >= 11 is 0. The van der Waals surface area contributed by atoms with E-state index in [2.05, 4.69) is 0 Å². The van der Waals surface area contributed by atoms with Gasteiger partial charge in [-0.1, -0.05) is 12.1 Å². The summed E-state index contributed by atoms with van der Waals surface area (Å²) in [6.07, 6.45) is 2.42. The molecule has 2 N–H and O–H groups in total. The third-order valence-corrected chi connectivity index (χ3v) is 2.81. The van der Waals surface area contributed by atoms with Gasteiger partial charge in [-0.2, -0.15) is 0 Å². The molecule has 0 aliphatic heterocycles. The lowest BCUT2D eigenvalue weighted by Crippen LogP contribution is -2.20. The normalized spacial score (nSPS) is 10.4. The molecule has 1 aromatic heterocycles. The first-order valence-corrected chi connectivity index (χ1v) is 6.30. The first-order chi connectivity index (χ1) is 9.15. The van der Waals surface area contributed by atoms with Gasteiger partial charge in [0.1, 0.15) is 5.75 Å². The average molecular weight is 258 g/mol. The highest BCUT2D eigenvalue weighted by Gasteiger charge is 1.98. The zero-order valence-electron chi connectivity index (χ0n) is 11.0. The van der Waals surface area contributed by atoms with Crippen molar-refractivity contribution in [3.63, 3.8) is 0 Å². The van der Waals surface area contributed by atoms with E-state index in [1.165, 1.54) is 11.6 Å². The Hall–Kier alpha value is -2.23. The van der Waals surface area contributed by atoms with Crippen LogP contribution in [0.3, 0.4) is 0 Å². The van der Waals surface area contributed by atoms with Crippen molar-refractivity contribution >= 4 is 5.69 Å². The first-order valence-electron chi connectivity index (χ1n) is 6.30. The predicted molar refractivity (Wildman–Crippen MR) is 76.4 cm³/mol. The molecule has 1 aromatic carbocycles. The van der Waals surface area contributed by atoms with Gasteiger partial charge in [0.15, 0.2) is 0 Å². The molecule has 0 amide bonds. The maximum absolute atomic E-state index is 11.5. The van der Waals surface area contributed by atoms with Crippen LogP contribution in [0.4, 0.5) is 5.69 Å². The molecule has 0 saturated carbocycles. The quantitative estimate of drug-likeness (QED) is 0.836. The number of aryl methyl sites for hydroxylation is 2. The standard InChI is InChI=1S/C15H18N2O2/c1-12-4-2-5-14(10-12)19-9-3-8-17-11-13(16)6-7-15(17)18/h2,4-7,10-11H,3,8-9,16H2,1H3. The molecule has 0 spiro atoms. The SMILES string of the molecule is Cc1cccc(OCCCn2cc(N)ccc2=O)c1. The average Bonchev–Trinajstić information content (AvgIpc) is 2.39. The second-order valence-corrected chi connectivity index (χ2v) is 4.51. The lowest BCUT2D eigenvalue weighted by molar-refractivity contribution is 0.301. The number of nitrogens with zero attached hydrogens (tertiary/aromatic N) is 1. The van der Waals surface area contributed by atoms with Crippen LogP contribution in [0, 0.1) is 6.92 Å². The first kappa shape index (κ1) is 13.2. The Bertz CT molecular complexity index is 605. The number of pyridine rings is 1. The Balaban J connectivity index is 1.84. The summed E-state index contributed by atoms with van der Waals surface area (Å²) in [5, 5.41) is 0. The van der Waals surface area contributed by atoms with Gasteiger partial charge in [0.2, 0.25) is 0 Å². The number of nitrogens with two attached hydrogens (primary N) is 1. The lowest BCUT2D eigenvalue weighted by Gasteiger charge is -2.08. The van der Waals surface area contributed by atoms with E-state index < -0.39 is 0 Å². The fraction of sp³-hybridized carbons (Fsp3) is 0.267. The van der Waals surface area contributed by atoms with Gasteiger partial charge in [0, 0.05) is 24.5 Å². The Morgan fingerprint density at radius 3 is 2.89 bits per heavy atom. The Kier molecular flexibility index (Phi) is 4.23. The molecule has 0 aliphatic rings. The molecule has 4 nitrogen and oxygen atoms in total. The van der Waals surface area contributed by atoms with Crippen molar-refractivity contribution in [2.24, 2.45) is 0 Å². The predicted octanol–water partition coefficient (Wildman–Crippen LogP) is 2.21. The van der Waals surface area contributed by atoms with Crippen LogP contribution in [0.5, 0.6) is 5.75 Å². The van der Waals surface area contributed by atoms with Gasteiger partial charge in [0.05, 0.1) is 6.61 Å². The number of benzene rings is 1. The number of nitrogen functional groups attached to an aromatic ring is 1. The monoisotopic (exact) mass is 258 g/mol. The van der Waals surface area contributed by atoms with Gasteiger partial charge in [-0.3, -0.25) is 4.79 Å². The van der Waals surface area contributed by atoms with Crippen molar-refractivity contribution in [3.05, 3.63) is 58.5 Å². The van der Waals surface area contributed by atoms with Crippen LogP contribution in [0.1, 0.15) is 12.0 Å². The molecule has 0 unspecified atom stereocenters. The van der Waals surface area contributed by atoms with Gasteiger partial charge < -0.3 is 15.0 Å². The maximum Gasteiger partial charge on any atom is 0.250 e. The Morgan fingerprint density at radius 2 is 2.11 bits per heavy atom. The number of hydrogen-bond acceptors (Lipinski definition) is 3. The van der Waals surface area contributed by atoms with Crippen molar-refractivity contribution in [1.29, 1.82) is 0 Å². The van der Waals surface area contributed by atoms with Gasteiger partial charge in [-0.05, 0) is 37.1 Å². The van der Waals surface area contributed by atoms with E-state index in [0.29, 0.717) is 18.8 Å². The third-order valence-electron chi connectivity index (χ3n) is 2.81. The summed E-state index contributed by atoms with van der Waals surface area (Å²) in [5.74, 6) is 0.861. The van der Waals surface area contributed by atoms with Crippen LogP contribution in [-0.4, -0.2) is 11.2 Å². The van der Waals surface area contributed by atoms with Crippen molar-refractivity contribution in [2.45, 2.75) is 19.9 Å². The summed E-state index contributed by atoms with van der Waals surface area (Å²) in [6.45, 7) is 3.21. The van der Waals surface area contributed by atoms with E-state index in [-0.39, 0.29) is 5.56 Å². The van der Waals surface area contributed by atoms with E-state index in [0.717, 1.165) is 12.2 Å². The van der Waals surface area contributed by atoms with Crippen molar-refractivity contribution in [1.82, 2.24) is 4.57 Å². The fourth-order valence-corrected chi connectivity index (χ4v) is 1.85. The second-order valence-electron chi connectivity index (χ2n) is 4.51. The zero-order valence-corrected chi connectivity index (χ0v) is 11.0. The smallest absolute Gasteiger partial charge is 0.250 e. The van der Waals surface area contributed by atoms with Gasteiger partial charge in [0.25, 0.3) is 5.56 Å². The number of aromatic nitrogens is 1. The molecular weight excluding hydrogens is 240 g/mol. The molecule has 0 saturated heterocycles. The molecule has 0 atom stereocenters. The molecule has 4 heteroatoms. The highest BCUT2D eigenvalue weighted by molar-refractivity contribution is 5.33. The highest BCUT2D eigenvalue weighted by atomic mass is 16.5. The number of anilines is 1. The summed E-state index contributed by atoms with van der Waals surface area (Å²) in [6, 6.07) is 11.0. The molecule has 0 aliphatic carbocycles. The highest BCUT2D eigenvalue weighted by Crippen LogP contribution is 2.12. The minimum atomic E-state index is -0.0373. The summed E-state index contributed by atoms with van der Waals surface area (Å²) in [5.41, 5.74) is 7.38. The molecule has 19 heavy (non-hydrogen) atoms. The Labute approximate surface area is 112 Å². The topological polar surface area (TPSA) is 57.2 Å². The molecule has 0 radical (unpaired) electrons. The minimum Gasteiger partial charge on any atom is -0.494 e. The van der Waals surface area contributed by atoms with Crippen LogP contribution in [0.25, 0.3) is 0 Å². The van der Waals surface area contributed by atoms with E-state index in [1.54, 1.807) is 16.8 Å². The summed E-state index contributed by atoms with van der Waals surface area (Å²) < 4.78 is 7.24. The maximum atomic E-state index is 11.5. The molecule has 2 rings (SSSR count). The van der Waals surface area contributed by atoms with Crippen LogP contribution < -0.4 is 16.0 Å². The fourth-order valence-electron chi connectivity index (χ4n) is 1.85. The Morgan fingerprint density at radius 1 is 1.26 bits per heavy atom. The third kappa shape index (κ3) is 3.88. The second kappa shape index (κ2) is 6.09. The molecule has 2 aromatic rings. The minimum absolute atomic E-state index is 0.0373. The van der Waals surface area contributed by atoms with Crippen LogP contribution >= 0.6 is 0 Å². The van der Waals surface area contributed by atoms with E-state index >= 15 is 0 Å².